The summed E-state index contributed by atoms with van der Waals surface area (Å²) in [5.74, 6) is 0. The maximum Gasteiger partial charge on any atom is 0.107 e. The first kappa shape index (κ1) is 16.0. The van der Waals surface area contributed by atoms with Gasteiger partial charge in [0.15, 0.2) is 0 Å². The molecule has 0 radical (unpaired) electrons. The smallest absolute Gasteiger partial charge is 0.107 e. The van der Waals surface area contributed by atoms with Crippen LogP contribution in [0.15, 0.2) is 40.9 Å². The Hall–Kier alpha value is -1.39. The lowest BCUT2D eigenvalue weighted by Gasteiger charge is -2.18. The molecule has 2 rings (SSSR count). The maximum absolute atomic E-state index is 5.87. The molecule has 0 bridgehead atoms. The van der Waals surface area contributed by atoms with E-state index in [2.05, 4.69) is 53.3 Å². The second-order valence-corrected chi connectivity index (χ2v) is 6.10. The molecule has 0 aromatic heterocycles. The molecule has 0 aliphatic carbocycles. The predicted molar refractivity (Wildman–Crippen MR) is 98.5 cm³/mol. The summed E-state index contributed by atoms with van der Waals surface area (Å²) >= 11 is 8.71. The molecule has 0 fully saturated rings. The molecule has 4 heteroatoms. The quantitative estimate of drug-likeness (QED) is 0.738. The van der Waals surface area contributed by atoms with Crippen LogP contribution in [0, 0.1) is 0 Å². The van der Waals surface area contributed by atoms with Gasteiger partial charge in [-0.15, -0.1) is 0 Å². The van der Waals surface area contributed by atoms with E-state index in [-0.39, 0.29) is 0 Å². The fraction of sp³-hybridized carbons (Fsp3) is 0.235. The second kappa shape index (κ2) is 7.05. The summed E-state index contributed by atoms with van der Waals surface area (Å²) in [7, 11) is 0. The molecule has 0 amide bonds. The van der Waals surface area contributed by atoms with Crippen LogP contribution >= 0.6 is 28.1 Å². The standard InChI is InChI=1S/C17H19BrN2S/c1-3-11-7-5-8-12(4-2)16(11)20-14-10-6-9-13(18)15(14)17(19)21/h5-10,20H,3-4H2,1-2H3,(H2,19,21). The molecule has 3 N–H and O–H groups in total. The Morgan fingerprint density at radius 3 is 2.19 bits per heavy atom. The second-order valence-electron chi connectivity index (χ2n) is 4.81. The van der Waals surface area contributed by atoms with E-state index in [1.807, 2.05) is 18.2 Å². The van der Waals surface area contributed by atoms with Gasteiger partial charge in [-0.2, -0.15) is 0 Å². The molecule has 0 heterocycles. The molecule has 110 valence electrons. The van der Waals surface area contributed by atoms with Crippen LogP contribution in [0.2, 0.25) is 0 Å². The van der Waals surface area contributed by atoms with Gasteiger partial charge in [0.25, 0.3) is 0 Å². The zero-order valence-corrected chi connectivity index (χ0v) is 14.6. The van der Waals surface area contributed by atoms with Crippen LogP contribution in [0.3, 0.4) is 0 Å². The number of thiocarbonyl (C=S) groups is 1. The number of aryl methyl sites for hydroxylation is 2. The van der Waals surface area contributed by atoms with Gasteiger partial charge in [0, 0.05) is 21.4 Å². The van der Waals surface area contributed by atoms with Crippen molar-refractivity contribution in [2.75, 3.05) is 5.32 Å². The minimum absolute atomic E-state index is 0.386. The Morgan fingerprint density at radius 2 is 1.67 bits per heavy atom. The van der Waals surface area contributed by atoms with Gasteiger partial charge in [-0.1, -0.05) is 50.3 Å². The van der Waals surface area contributed by atoms with Gasteiger partial charge in [0.1, 0.15) is 4.99 Å². The van der Waals surface area contributed by atoms with Gasteiger partial charge in [0.2, 0.25) is 0 Å². The van der Waals surface area contributed by atoms with Crippen molar-refractivity contribution in [1.82, 2.24) is 0 Å². The summed E-state index contributed by atoms with van der Waals surface area (Å²) in [6.45, 7) is 4.32. The number of halogens is 1. The van der Waals surface area contributed by atoms with Crippen molar-refractivity contribution in [3.05, 3.63) is 57.6 Å². The lowest BCUT2D eigenvalue weighted by molar-refractivity contribution is 1.09. The minimum atomic E-state index is 0.386. The SMILES string of the molecule is CCc1cccc(CC)c1Nc1cccc(Br)c1C(N)=S. The van der Waals surface area contributed by atoms with E-state index in [0.717, 1.165) is 34.3 Å². The van der Waals surface area contributed by atoms with Crippen molar-refractivity contribution in [3.63, 3.8) is 0 Å². The molecule has 2 aromatic carbocycles. The van der Waals surface area contributed by atoms with Gasteiger partial charge >= 0.3 is 0 Å². The molecule has 21 heavy (non-hydrogen) atoms. The molecule has 2 aromatic rings. The number of para-hydroxylation sites is 1. The number of hydrogen-bond acceptors (Lipinski definition) is 2. The van der Waals surface area contributed by atoms with Crippen molar-refractivity contribution in [2.45, 2.75) is 26.7 Å². The van der Waals surface area contributed by atoms with Crippen LogP contribution in [0.25, 0.3) is 0 Å². The van der Waals surface area contributed by atoms with E-state index in [9.17, 15) is 0 Å². The Labute approximate surface area is 139 Å². The number of hydrogen-bond donors (Lipinski definition) is 2. The number of nitrogens with two attached hydrogens (primary N) is 1. The van der Waals surface area contributed by atoms with Crippen LogP contribution in [0.5, 0.6) is 0 Å². The maximum atomic E-state index is 5.87. The number of nitrogens with one attached hydrogen (secondary N) is 1. The molecule has 0 unspecified atom stereocenters. The molecule has 0 aliphatic rings. The largest absolute Gasteiger partial charge is 0.389 e. The summed E-state index contributed by atoms with van der Waals surface area (Å²) < 4.78 is 0.909. The molecule has 2 nitrogen and oxygen atoms in total. The minimum Gasteiger partial charge on any atom is -0.389 e. The van der Waals surface area contributed by atoms with E-state index in [1.165, 1.54) is 11.1 Å². The molecule has 0 saturated carbocycles. The van der Waals surface area contributed by atoms with E-state index in [4.69, 9.17) is 18.0 Å². The Kier molecular flexibility index (Phi) is 5.37. The van der Waals surface area contributed by atoms with Crippen molar-refractivity contribution in [1.29, 1.82) is 0 Å². The number of rotatable bonds is 5. The van der Waals surface area contributed by atoms with Gasteiger partial charge in [-0.3, -0.25) is 0 Å². The summed E-state index contributed by atoms with van der Waals surface area (Å²) in [6, 6.07) is 12.4. The fourth-order valence-electron chi connectivity index (χ4n) is 2.42. The Balaban J connectivity index is 2.53. The average Bonchev–Trinajstić information content (AvgIpc) is 2.47. The van der Waals surface area contributed by atoms with Crippen molar-refractivity contribution in [3.8, 4) is 0 Å². The highest BCUT2D eigenvalue weighted by molar-refractivity contribution is 9.10. The zero-order valence-electron chi connectivity index (χ0n) is 12.2. The van der Waals surface area contributed by atoms with Crippen molar-refractivity contribution >= 4 is 44.5 Å². The van der Waals surface area contributed by atoms with Gasteiger partial charge in [-0.25, -0.2) is 0 Å². The van der Waals surface area contributed by atoms with Crippen LogP contribution in [0.1, 0.15) is 30.5 Å². The topological polar surface area (TPSA) is 38.0 Å². The molecule has 0 spiro atoms. The van der Waals surface area contributed by atoms with Crippen LogP contribution in [-0.2, 0) is 12.8 Å². The monoisotopic (exact) mass is 362 g/mol. The highest BCUT2D eigenvalue weighted by Crippen LogP contribution is 2.31. The molecular weight excluding hydrogens is 344 g/mol. The Morgan fingerprint density at radius 1 is 1.10 bits per heavy atom. The van der Waals surface area contributed by atoms with Crippen LogP contribution in [-0.4, -0.2) is 4.99 Å². The third-order valence-electron chi connectivity index (χ3n) is 3.52. The normalized spacial score (nSPS) is 10.4. The van der Waals surface area contributed by atoms with Crippen molar-refractivity contribution in [2.24, 2.45) is 5.73 Å². The first-order valence-corrected chi connectivity index (χ1v) is 8.24. The van der Waals surface area contributed by atoms with E-state index in [1.54, 1.807) is 0 Å². The number of benzene rings is 2. The fourth-order valence-corrected chi connectivity index (χ4v) is 3.35. The molecule has 0 aliphatic heterocycles. The Bertz CT molecular complexity index is 646. The highest BCUT2D eigenvalue weighted by Gasteiger charge is 2.12. The van der Waals surface area contributed by atoms with E-state index < -0.39 is 0 Å². The van der Waals surface area contributed by atoms with Gasteiger partial charge < -0.3 is 11.1 Å². The number of anilines is 2. The molecule has 0 atom stereocenters. The summed E-state index contributed by atoms with van der Waals surface area (Å²) in [6.07, 6.45) is 1.96. The molecule has 0 saturated heterocycles. The molecular formula is C17H19BrN2S. The lowest BCUT2D eigenvalue weighted by atomic mass is 10.0. The predicted octanol–water partition coefficient (Wildman–Crippen LogP) is 4.95. The third kappa shape index (κ3) is 3.44. The summed E-state index contributed by atoms with van der Waals surface area (Å²) in [5, 5.41) is 3.54. The van der Waals surface area contributed by atoms with Gasteiger partial charge in [-0.05, 0) is 52.0 Å². The van der Waals surface area contributed by atoms with E-state index >= 15 is 0 Å². The third-order valence-corrected chi connectivity index (χ3v) is 4.38. The van der Waals surface area contributed by atoms with Crippen LogP contribution in [0.4, 0.5) is 11.4 Å². The van der Waals surface area contributed by atoms with Crippen LogP contribution < -0.4 is 11.1 Å². The lowest BCUT2D eigenvalue weighted by Crippen LogP contribution is -2.13. The zero-order chi connectivity index (χ0) is 15.4. The first-order valence-electron chi connectivity index (χ1n) is 7.04. The van der Waals surface area contributed by atoms with Gasteiger partial charge in [0.05, 0.1) is 0 Å². The summed E-state index contributed by atoms with van der Waals surface area (Å²) in [5.41, 5.74) is 11.4. The first-order chi connectivity index (χ1) is 10.1. The van der Waals surface area contributed by atoms with E-state index in [0.29, 0.717) is 4.99 Å². The van der Waals surface area contributed by atoms with Crippen molar-refractivity contribution < 1.29 is 0 Å². The summed E-state index contributed by atoms with van der Waals surface area (Å²) in [4.78, 5) is 0.386. The highest BCUT2D eigenvalue weighted by atomic mass is 79.9. The average molecular weight is 363 g/mol.